The molecule has 0 saturated heterocycles. The molecule has 2 nitrogen and oxygen atoms in total. The van der Waals surface area contributed by atoms with Crippen LogP contribution in [0.15, 0.2) is 22.7 Å². The third kappa shape index (κ3) is 2.16. The topological polar surface area (TPSA) is 29.1 Å². The van der Waals surface area contributed by atoms with E-state index in [1.807, 2.05) is 0 Å². The molecule has 1 amide bonds. The van der Waals surface area contributed by atoms with E-state index in [-0.39, 0.29) is 11.1 Å². The van der Waals surface area contributed by atoms with Crippen molar-refractivity contribution in [1.82, 2.24) is 5.32 Å². The van der Waals surface area contributed by atoms with Gasteiger partial charge in [-0.3, -0.25) is 4.79 Å². The zero-order valence-corrected chi connectivity index (χ0v) is 11.4. The molecule has 0 spiro atoms. The number of halogens is 4. The number of benzene rings is 1. The molecule has 1 aromatic rings. The van der Waals surface area contributed by atoms with Gasteiger partial charge in [-0.1, -0.05) is 0 Å². The molecule has 3 saturated carbocycles. The number of rotatable bonds is 2. The van der Waals surface area contributed by atoms with E-state index in [2.05, 4.69) is 21.2 Å². The fourth-order valence-electron chi connectivity index (χ4n) is 2.82. The number of carbonyl (C=O) groups excluding carboxylic acids is 1. The number of amides is 1. The van der Waals surface area contributed by atoms with Crippen molar-refractivity contribution in [2.75, 3.05) is 0 Å². The summed E-state index contributed by atoms with van der Waals surface area (Å²) in [6, 6.07) is 3.12. The third-order valence-corrected chi connectivity index (χ3v) is 4.65. The molecule has 1 N–H and O–H groups in total. The standard InChI is InChI=1S/C13H11BrF3NO/c14-10-2-1-8(13(15,16)17)3-9(10)11(19)18-12-4-7(5-12)6-12/h1-3,7H,4-6H2,(H,18,19). The van der Waals surface area contributed by atoms with Crippen LogP contribution in [0.2, 0.25) is 0 Å². The van der Waals surface area contributed by atoms with E-state index in [0.717, 1.165) is 31.4 Å². The van der Waals surface area contributed by atoms with E-state index in [0.29, 0.717) is 10.4 Å². The summed E-state index contributed by atoms with van der Waals surface area (Å²) in [6.07, 6.45) is -1.58. The zero-order valence-electron chi connectivity index (χ0n) is 9.85. The highest BCUT2D eigenvalue weighted by atomic mass is 79.9. The van der Waals surface area contributed by atoms with E-state index >= 15 is 0 Å². The number of hydrogen-bond donors (Lipinski definition) is 1. The Hall–Kier alpha value is -1.04. The van der Waals surface area contributed by atoms with Crippen LogP contribution in [0.1, 0.15) is 35.2 Å². The largest absolute Gasteiger partial charge is 0.416 e. The lowest BCUT2D eigenvalue weighted by Crippen LogP contribution is -2.68. The minimum Gasteiger partial charge on any atom is -0.347 e. The number of hydrogen-bond acceptors (Lipinski definition) is 1. The Kier molecular flexibility index (Phi) is 2.71. The minimum atomic E-state index is -4.44. The maximum atomic E-state index is 12.6. The Bertz CT molecular complexity index is 538. The molecule has 2 bridgehead atoms. The Balaban J connectivity index is 1.84. The molecule has 102 valence electrons. The van der Waals surface area contributed by atoms with Gasteiger partial charge in [0.25, 0.3) is 5.91 Å². The lowest BCUT2D eigenvalue weighted by Gasteiger charge is -2.61. The first kappa shape index (κ1) is 13.0. The second-order valence-electron chi connectivity index (χ2n) is 5.41. The number of nitrogens with one attached hydrogen (secondary N) is 1. The van der Waals surface area contributed by atoms with Crippen molar-refractivity contribution in [3.63, 3.8) is 0 Å². The van der Waals surface area contributed by atoms with Gasteiger partial charge in [0.05, 0.1) is 11.1 Å². The molecule has 0 atom stereocenters. The highest BCUT2D eigenvalue weighted by molar-refractivity contribution is 9.10. The molecule has 0 radical (unpaired) electrons. The van der Waals surface area contributed by atoms with Crippen LogP contribution in [0.4, 0.5) is 13.2 Å². The molecule has 6 heteroatoms. The van der Waals surface area contributed by atoms with Gasteiger partial charge in [-0.2, -0.15) is 13.2 Å². The molecule has 1 aromatic carbocycles. The van der Waals surface area contributed by atoms with E-state index in [1.54, 1.807) is 0 Å². The highest BCUT2D eigenvalue weighted by Gasteiger charge is 2.57. The van der Waals surface area contributed by atoms with Crippen LogP contribution >= 0.6 is 15.9 Å². The maximum Gasteiger partial charge on any atom is 0.416 e. The highest BCUT2D eigenvalue weighted by Crippen LogP contribution is 2.57. The normalized spacial score (nSPS) is 28.3. The fourth-order valence-corrected chi connectivity index (χ4v) is 3.24. The zero-order chi connectivity index (χ0) is 13.8. The van der Waals surface area contributed by atoms with E-state index in [9.17, 15) is 18.0 Å². The van der Waals surface area contributed by atoms with Crippen molar-refractivity contribution >= 4 is 21.8 Å². The maximum absolute atomic E-state index is 12.6. The lowest BCUT2D eigenvalue weighted by atomic mass is 9.50. The smallest absolute Gasteiger partial charge is 0.347 e. The lowest BCUT2D eigenvalue weighted by molar-refractivity contribution is -0.137. The molecule has 3 fully saturated rings. The molecular weight excluding hydrogens is 323 g/mol. The monoisotopic (exact) mass is 333 g/mol. The van der Waals surface area contributed by atoms with Gasteiger partial charge in [0, 0.05) is 10.0 Å². The van der Waals surface area contributed by atoms with Gasteiger partial charge in [-0.05, 0) is 59.3 Å². The molecule has 0 aliphatic heterocycles. The summed E-state index contributed by atoms with van der Waals surface area (Å²) < 4.78 is 38.3. The van der Waals surface area contributed by atoms with Gasteiger partial charge < -0.3 is 5.32 Å². The average Bonchev–Trinajstić information content (AvgIpc) is 2.20. The van der Waals surface area contributed by atoms with Crippen LogP contribution < -0.4 is 5.32 Å². The van der Waals surface area contributed by atoms with Crippen molar-refractivity contribution in [3.05, 3.63) is 33.8 Å². The van der Waals surface area contributed by atoms with Gasteiger partial charge in [0.2, 0.25) is 0 Å². The summed E-state index contributed by atoms with van der Waals surface area (Å²) in [7, 11) is 0. The first-order valence-corrected chi connectivity index (χ1v) is 6.78. The fraction of sp³-hybridized carbons (Fsp3) is 0.462. The van der Waals surface area contributed by atoms with Crippen LogP contribution in [0.3, 0.4) is 0 Å². The van der Waals surface area contributed by atoms with Crippen LogP contribution in [-0.2, 0) is 6.18 Å². The summed E-state index contributed by atoms with van der Waals surface area (Å²) in [5.41, 5.74) is -0.909. The van der Waals surface area contributed by atoms with Crippen LogP contribution in [0.5, 0.6) is 0 Å². The van der Waals surface area contributed by atoms with Crippen LogP contribution in [0, 0.1) is 5.92 Å². The van der Waals surface area contributed by atoms with Crippen molar-refractivity contribution in [2.45, 2.75) is 31.0 Å². The van der Waals surface area contributed by atoms with Gasteiger partial charge in [-0.25, -0.2) is 0 Å². The average molecular weight is 334 g/mol. The van der Waals surface area contributed by atoms with Crippen molar-refractivity contribution in [1.29, 1.82) is 0 Å². The number of carbonyl (C=O) groups is 1. The molecule has 0 unspecified atom stereocenters. The summed E-state index contributed by atoms with van der Waals surface area (Å²) in [5.74, 6) is 0.265. The minimum absolute atomic E-state index is 0.0413. The van der Waals surface area contributed by atoms with Crippen LogP contribution in [-0.4, -0.2) is 11.4 Å². The van der Waals surface area contributed by atoms with E-state index < -0.39 is 17.6 Å². The quantitative estimate of drug-likeness (QED) is 0.877. The summed E-state index contributed by atoms with van der Waals surface area (Å²) in [5, 5.41) is 2.86. The molecular formula is C13H11BrF3NO. The van der Waals surface area contributed by atoms with Gasteiger partial charge >= 0.3 is 6.18 Å². The number of alkyl halides is 3. The molecule has 3 aliphatic carbocycles. The van der Waals surface area contributed by atoms with E-state index in [4.69, 9.17) is 0 Å². The second kappa shape index (κ2) is 3.98. The molecule has 0 heterocycles. The molecule has 0 aromatic heterocycles. The SMILES string of the molecule is O=C(NC12CC(C1)C2)c1cc(C(F)(F)F)ccc1Br. The van der Waals surface area contributed by atoms with Gasteiger partial charge in [-0.15, -0.1) is 0 Å². The third-order valence-electron chi connectivity index (χ3n) is 3.96. The summed E-state index contributed by atoms with van der Waals surface area (Å²) in [4.78, 5) is 12.1. The Morgan fingerprint density at radius 1 is 1.32 bits per heavy atom. The van der Waals surface area contributed by atoms with Gasteiger partial charge in [0.1, 0.15) is 0 Å². The summed E-state index contributed by atoms with van der Waals surface area (Å²) in [6.45, 7) is 0. The predicted molar refractivity (Wildman–Crippen MR) is 66.7 cm³/mol. The first-order valence-electron chi connectivity index (χ1n) is 5.98. The Morgan fingerprint density at radius 2 is 1.95 bits per heavy atom. The Morgan fingerprint density at radius 3 is 2.42 bits per heavy atom. The summed E-state index contributed by atoms with van der Waals surface area (Å²) >= 11 is 3.13. The molecule has 4 rings (SSSR count). The van der Waals surface area contributed by atoms with Gasteiger partial charge in [0.15, 0.2) is 0 Å². The predicted octanol–water partition coefficient (Wildman–Crippen LogP) is 3.75. The Labute approximate surface area is 116 Å². The molecule has 3 aliphatic rings. The van der Waals surface area contributed by atoms with E-state index in [1.165, 1.54) is 6.07 Å². The van der Waals surface area contributed by atoms with Crippen molar-refractivity contribution in [3.8, 4) is 0 Å². The first-order chi connectivity index (χ1) is 8.79. The second-order valence-corrected chi connectivity index (χ2v) is 6.26. The van der Waals surface area contributed by atoms with Crippen molar-refractivity contribution in [2.24, 2.45) is 5.92 Å². The molecule has 19 heavy (non-hydrogen) atoms. The van der Waals surface area contributed by atoms with Crippen molar-refractivity contribution < 1.29 is 18.0 Å². The van der Waals surface area contributed by atoms with Crippen LogP contribution in [0.25, 0.3) is 0 Å².